The Morgan fingerprint density at radius 2 is 2.08 bits per heavy atom. The summed E-state index contributed by atoms with van der Waals surface area (Å²) in [5, 5.41) is 0. The number of hydrogen-bond donors (Lipinski definition) is 1. The Hall–Kier alpha value is -1.69. The van der Waals surface area contributed by atoms with E-state index in [4.69, 9.17) is 4.98 Å². The van der Waals surface area contributed by atoms with Gasteiger partial charge < -0.3 is 14.8 Å². The van der Waals surface area contributed by atoms with Crippen LogP contribution in [0.1, 0.15) is 62.5 Å². The Morgan fingerprint density at radius 1 is 1.32 bits per heavy atom. The minimum absolute atomic E-state index is 0.00464. The summed E-state index contributed by atoms with van der Waals surface area (Å²) in [7, 11) is 2.03. The monoisotopic (exact) mass is 346 g/mol. The second-order valence-corrected chi connectivity index (χ2v) is 7.50. The quantitative estimate of drug-likeness (QED) is 0.904. The fourth-order valence-corrected chi connectivity index (χ4v) is 4.07. The van der Waals surface area contributed by atoms with Gasteiger partial charge in [-0.2, -0.15) is 0 Å². The molecule has 1 aromatic rings. The van der Waals surface area contributed by atoms with Gasteiger partial charge in [-0.3, -0.25) is 9.59 Å². The molecule has 2 aliphatic heterocycles. The maximum atomic E-state index is 12.7. The Morgan fingerprint density at radius 3 is 2.80 bits per heavy atom. The Bertz CT molecular complexity index is 680. The lowest BCUT2D eigenvalue weighted by Crippen LogP contribution is -2.43. The molecule has 0 radical (unpaired) electrons. The van der Waals surface area contributed by atoms with Gasteiger partial charge in [0.25, 0.3) is 5.56 Å². The summed E-state index contributed by atoms with van der Waals surface area (Å²) < 4.78 is 0. The topological polar surface area (TPSA) is 69.3 Å². The number of piperidine rings is 1. The molecular weight excluding hydrogens is 316 g/mol. The molecule has 0 aromatic carbocycles. The second kappa shape index (κ2) is 7.68. The fraction of sp³-hybridized carbons (Fsp3) is 0.737. The highest BCUT2D eigenvalue weighted by Gasteiger charge is 2.30. The smallest absolute Gasteiger partial charge is 0.255 e. The van der Waals surface area contributed by atoms with Gasteiger partial charge in [0.2, 0.25) is 5.91 Å². The number of carbonyl (C=O) groups excluding carboxylic acids is 1. The number of hydrogen-bond acceptors (Lipinski definition) is 4. The van der Waals surface area contributed by atoms with Crippen molar-refractivity contribution in [3.63, 3.8) is 0 Å². The van der Waals surface area contributed by atoms with Crippen molar-refractivity contribution in [2.75, 3.05) is 26.7 Å². The van der Waals surface area contributed by atoms with Crippen molar-refractivity contribution in [2.24, 2.45) is 5.92 Å². The van der Waals surface area contributed by atoms with Crippen LogP contribution in [0.2, 0.25) is 0 Å². The van der Waals surface area contributed by atoms with Gasteiger partial charge in [0.1, 0.15) is 5.82 Å². The number of aromatic nitrogens is 2. The van der Waals surface area contributed by atoms with E-state index in [-0.39, 0.29) is 23.3 Å². The molecule has 1 N–H and O–H groups in total. The molecular formula is C19H30N4O2. The summed E-state index contributed by atoms with van der Waals surface area (Å²) >= 11 is 0. The van der Waals surface area contributed by atoms with E-state index in [2.05, 4.69) is 23.7 Å². The van der Waals surface area contributed by atoms with Gasteiger partial charge >= 0.3 is 0 Å². The van der Waals surface area contributed by atoms with Gasteiger partial charge in [-0.15, -0.1) is 0 Å². The fourth-order valence-electron chi connectivity index (χ4n) is 4.07. The zero-order chi connectivity index (χ0) is 18.0. The number of H-pyrrole nitrogens is 1. The first-order valence-corrected chi connectivity index (χ1v) is 9.62. The lowest BCUT2D eigenvalue weighted by atomic mass is 9.94. The van der Waals surface area contributed by atoms with Crippen LogP contribution in [0.3, 0.4) is 0 Å². The molecule has 1 fully saturated rings. The van der Waals surface area contributed by atoms with Gasteiger partial charge in [-0.1, -0.05) is 13.8 Å². The molecule has 1 atom stereocenters. The Kier molecular flexibility index (Phi) is 5.57. The maximum Gasteiger partial charge on any atom is 0.255 e. The van der Waals surface area contributed by atoms with Crippen molar-refractivity contribution in [1.82, 2.24) is 19.8 Å². The number of likely N-dealkylation sites (N-methyl/N-ethyl adjacent to an activating group) is 1. The van der Waals surface area contributed by atoms with Crippen LogP contribution in [-0.4, -0.2) is 52.4 Å². The van der Waals surface area contributed by atoms with Gasteiger partial charge in [-0.25, -0.2) is 4.98 Å². The Labute approximate surface area is 149 Å². The number of nitrogens with zero attached hydrogens (tertiary/aromatic N) is 3. The van der Waals surface area contributed by atoms with Gasteiger partial charge in [-0.05, 0) is 32.7 Å². The molecule has 0 bridgehead atoms. The first-order chi connectivity index (χ1) is 12.0. The summed E-state index contributed by atoms with van der Waals surface area (Å²) in [5.74, 6) is 1.29. The van der Waals surface area contributed by atoms with Crippen LogP contribution >= 0.6 is 0 Å². The number of nitrogens with one attached hydrogen (secondary N) is 1. The molecule has 0 spiro atoms. The standard InChI is InChI=1S/C19H30N4O2/c1-4-13(5-2)19(25)23-9-6-7-14(11-23)17-20-16-8-10-22(3)12-15(16)18(24)21-17/h13-14H,4-12H2,1-3H3,(H,20,21,24). The normalized spacial score (nSPS) is 21.4. The number of carbonyl (C=O) groups is 1. The molecule has 6 nitrogen and oxygen atoms in total. The molecule has 1 saturated heterocycles. The van der Waals surface area contributed by atoms with E-state index in [9.17, 15) is 9.59 Å². The highest BCUT2D eigenvalue weighted by Crippen LogP contribution is 2.27. The number of fused-ring (bicyclic) bond motifs is 1. The van der Waals surface area contributed by atoms with Gasteiger partial charge in [0.15, 0.2) is 0 Å². The average Bonchev–Trinajstić information content (AvgIpc) is 2.63. The van der Waals surface area contributed by atoms with Crippen molar-refractivity contribution >= 4 is 5.91 Å². The van der Waals surface area contributed by atoms with Crippen LogP contribution in [0, 0.1) is 5.92 Å². The van der Waals surface area contributed by atoms with Crippen molar-refractivity contribution < 1.29 is 4.79 Å². The third kappa shape index (κ3) is 3.78. The van der Waals surface area contributed by atoms with Gasteiger partial charge in [0, 0.05) is 44.4 Å². The van der Waals surface area contributed by atoms with E-state index in [1.165, 1.54) is 0 Å². The molecule has 0 aliphatic carbocycles. The lowest BCUT2D eigenvalue weighted by molar-refractivity contribution is -0.137. The minimum Gasteiger partial charge on any atom is -0.342 e. The molecule has 1 aromatic heterocycles. The van der Waals surface area contributed by atoms with E-state index in [1.54, 1.807) is 0 Å². The van der Waals surface area contributed by atoms with E-state index in [0.717, 1.165) is 62.3 Å². The summed E-state index contributed by atoms with van der Waals surface area (Å²) in [4.78, 5) is 37.1. The highest BCUT2D eigenvalue weighted by molar-refractivity contribution is 5.78. The maximum absolute atomic E-state index is 12.7. The second-order valence-electron chi connectivity index (χ2n) is 7.50. The molecule has 0 saturated carbocycles. The lowest BCUT2D eigenvalue weighted by Gasteiger charge is -2.34. The van der Waals surface area contributed by atoms with Crippen LogP contribution in [0.25, 0.3) is 0 Å². The number of amides is 1. The SMILES string of the molecule is CCC(CC)C(=O)N1CCCC(c2nc3c(c(=O)[nH]2)CN(C)CC3)C1. The third-order valence-corrected chi connectivity index (χ3v) is 5.73. The largest absolute Gasteiger partial charge is 0.342 e. The molecule has 138 valence electrons. The van der Waals surface area contributed by atoms with E-state index < -0.39 is 0 Å². The molecule has 2 aliphatic rings. The summed E-state index contributed by atoms with van der Waals surface area (Å²) in [6, 6.07) is 0. The first kappa shape index (κ1) is 18.1. The zero-order valence-electron chi connectivity index (χ0n) is 15.7. The van der Waals surface area contributed by atoms with Crippen molar-refractivity contribution in [3.05, 3.63) is 27.4 Å². The van der Waals surface area contributed by atoms with Crippen LogP contribution < -0.4 is 5.56 Å². The predicted molar refractivity (Wildman–Crippen MR) is 97.5 cm³/mol. The van der Waals surface area contributed by atoms with Crippen LogP contribution in [0.15, 0.2) is 4.79 Å². The summed E-state index contributed by atoms with van der Waals surface area (Å²) in [6.07, 6.45) is 4.55. The molecule has 3 rings (SSSR count). The molecule has 1 amide bonds. The summed E-state index contributed by atoms with van der Waals surface area (Å²) in [6.45, 7) is 7.26. The van der Waals surface area contributed by atoms with Crippen LogP contribution in [-0.2, 0) is 17.8 Å². The van der Waals surface area contributed by atoms with E-state index in [1.807, 2.05) is 11.9 Å². The molecule has 3 heterocycles. The third-order valence-electron chi connectivity index (χ3n) is 5.73. The van der Waals surface area contributed by atoms with Crippen molar-refractivity contribution in [2.45, 2.75) is 58.4 Å². The minimum atomic E-state index is -0.00464. The molecule has 6 heteroatoms. The summed E-state index contributed by atoms with van der Waals surface area (Å²) in [5.41, 5.74) is 1.74. The van der Waals surface area contributed by atoms with Crippen molar-refractivity contribution in [1.29, 1.82) is 0 Å². The average molecular weight is 346 g/mol. The Balaban J connectivity index is 1.79. The van der Waals surface area contributed by atoms with Gasteiger partial charge in [0.05, 0.1) is 11.3 Å². The molecule has 25 heavy (non-hydrogen) atoms. The van der Waals surface area contributed by atoms with E-state index >= 15 is 0 Å². The van der Waals surface area contributed by atoms with Crippen LogP contribution in [0.5, 0.6) is 0 Å². The predicted octanol–water partition coefficient (Wildman–Crippen LogP) is 1.90. The number of rotatable bonds is 4. The van der Waals surface area contributed by atoms with Crippen LogP contribution in [0.4, 0.5) is 0 Å². The number of aromatic amines is 1. The number of likely N-dealkylation sites (tertiary alicyclic amines) is 1. The first-order valence-electron chi connectivity index (χ1n) is 9.62. The van der Waals surface area contributed by atoms with Crippen molar-refractivity contribution in [3.8, 4) is 0 Å². The zero-order valence-corrected chi connectivity index (χ0v) is 15.7. The molecule has 1 unspecified atom stereocenters. The van der Waals surface area contributed by atoms with E-state index in [0.29, 0.717) is 13.1 Å². The highest BCUT2D eigenvalue weighted by atomic mass is 16.2.